The van der Waals surface area contributed by atoms with Crippen LogP contribution in [0.5, 0.6) is 0 Å². The molecule has 1 amide bonds. The molecule has 0 aromatic heterocycles. The van der Waals surface area contributed by atoms with Crippen LogP contribution in [0.3, 0.4) is 0 Å². The molecule has 0 saturated carbocycles. The van der Waals surface area contributed by atoms with Crippen molar-refractivity contribution in [3.8, 4) is 0 Å². The van der Waals surface area contributed by atoms with Crippen molar-refractivity contribution in [3.63, 3.8) is 0 Å². The highest BCUT2D eigenvalue weighted by Crippen LogP contribution is 2.14. The van der Waals surface area contributed by atoms with Crippen LogP contribution in [0.2, 0.25) is 0 Å². The van der Waals surface area contributed by atoms with Crippen LogP contribution in [0.1, 0.15) is 12.5 Å². The standard InChI is InChI=1S/C12H17ClN2O/c1-4-15(12(13)16)9-10-5-7-11(8-6-10)14(2)3/h5-8H,4,9H2,1-3H3. The Labute approximate surface area is 102 Å². The topological polar surface area (TPSA) is 23.6 Å². The van der Waals surface area contributed by atoms with E-state index < -0.39 is 5.37 Å². The van der Waals surface area contributed by atoms with Crippen LogP contribution in [0, 0.1) is 0 Å². The Balaban J connectivity index is 2.71. The minimum absolute atomic E-state index is 0.404. The molecule has 1 aromatic rings. The molecule has 0 aliphatic heterocycles. The number of rotatable bonds is 4. The smallest absolute Gasteiger partial charge is 0.316 e. The molecule has 0 unspecified atom stereocenters. The molecule has 0 bridgehead atoms. The number of hydrogen-bond donors (Lipinski definition) is 0. The van der Waals surface area contributed by atoms with Gasteiger partial charge in [0.15, 0.2) is 0 Å². The lowest BCUT2D eigenvalue weighted by Gasteiger charge is -2.18. The summed E-state index contributed by atoms with van der Waals surface area (Å²) in [5.74, 6) is 0. The Morgan fingerprint density at radius 1 is 1.25 bits per heavy atom. The fourth-order valence-corrected chi connectivity index (χ4v) is 1.60. The molecule has 0 aliphatic carbocycles. The maximum Gasteiger partial charge on any atom is 0.316 e. The molecule has 0 aliphatic rings. The summed E-state index contributed by atoms with van der Waals surface area (Å²) >= 11 is 5.45. The lowest BCUT2D eigenvalue weighted by atomic mass is 10.2. The molecule has 4 heteroatoms. The lowest BCUT2D eigenvalue weighted by Crippen LogP contribution is -2.25. The molecular formula is C12H17ClN2O. The highest BCUT2D eigenvalue weighted by Gasteiger charge is 2.08. The first-order chi connectivity index (χ1) is 7.54. The number of amides is 1. The number of carbonyl (C=O) groups is 1. The summed E-state index contributed by atoms with van der Waals surface area (Å²) in [4.78, 5) is 14.7. The van der Waals surface area contributed by atoms with Crippen LogP contribution in [0.25, 0.3) is 0 Å². The van der Waals surface area contributed by atoms with Crippen molar-refractivity contribution in [1.82, 2.24) is 4.90 Å². The van der Waals surface area contributed by atoms with Crippen LogP contribution >= 0.6 is 11.6 Å². The molecule has 0 N–H and O–H groups in total. The first-order valence-electron chi connectivity index (χ1n) is 5.25. The fourth-order valence-electron chi connectivity index (χ4n) is 1.42. The van der Waals surface area contributed by atoms with Crippen LogP contribution in [-0.4, -0.2) is 30.9 Å². The van der Waals surface area contributed by atoms with Crippen LogP contribution in [0.4, 0.5) is 10.5 Å². The summed E-state index contributed by atoms with van der Waals surface area (Å²) in [5.41, 5.74) is 2.23. The summed E-state index contributed by atoms with van der Waals surface area (Å²) in [7, 11) is 3.99. The predicted molar refractivity (Wildman–Crippen MR) is 68.1 cm³/mol. The van der Waals surface area contributed by atoms with E-state index in [2.05, 4.69) is 0 Å². The number of halogens is 1. The van der Waals surface area contributed by atoms with Crippen molar-refractivity contribution < 1.29 is 4.79 Å². The molecular weight excluding hydrogens is 224 g/mol. The van der Waals surface area contributed by atoms with Gasteiger partial charge < -0.3 is 9.80 Å². The second-order valence-corrected chi connectivity index (χ2v) is 4.15. The van der Waals surface area contributed by atoms with Crippen LogP contribution < -0.4 is 4.90 Å². The Hall–Kier alpha value is -1.22. The van der Waals surface area contributed by atoms with Crippen LogP contribution in [-0.2, 0) is 6.54 Å². The lowest BCUT2D eigenvalue weighted by molar-refractivity contribution is 0.222. The Morgan fingerprint density at radius 2 is 1.81 bits per heavy atom. The average molecular weight is 241 g/mol. The number of anilines is 1. The van der Waals surface area contributed by atoms with Gasteiger partial charge in [0.05, 0.1) is 0 Å². The third kappa shape index (κ3) is 3.42. The summed E-state index contributed by atoms with van der Waals surface area (Å²) < 4.78 is 0. The quantitative estimate of drug-likeness (QED) is 0.597. The zero-order chi connectivity index (χ0) is 12.1. The van der Waals surface area contributed by atoms with Gasteiger partial charge in [0.25, 0.3) is 0 Å². The Bertz CT molecular complexity index is 349. The third-order valence-electron chi connectivity index (χ3n) is 2.46. The minimum atomic E-state index is -0.404. The maximum absolute atomic E-state index is 11.0. The van der Waals surface area contributed by atoms with E-state index in [1.807, 2.05) is 50.2 Å². The summed E-state index contributed by atoms with van der Waals surface area (Å²) in [6.07, 6.45) is 0. The molecule has 0 heterocycles. The largest absolute Gasteiger partial charge is 0.378 e. The highest BCUT2D eigenvalue weighted by atomic mass is 35.5. The molecule has 3 nitrogen and oxygen atoms in total. The number of carbonyl (C=O) groups excluding carboxylic acids is 1. The van der Waals surface area contributed by atoms with Crippen molar-refractivity contribution >= 4 is 22.7 Å². The van der Waals surface area contributed by atoms with Crippen molar-refractivity contribution in [2.24, 2.45) is 0 Å². The van der Waals surface area contributed by atoms with Crippen molar-refractivity contribution in [1.29, 1.82) is 0 Å². The van der Waals surface area contributed by atoms with E-state index in [0.717, 1.165) is 11.3 Å². The molecule has 0 saturated heterocycles. The summed E-state index contributed by atoms with van der Waals surface area (Å²) in [6.45, 7) is 3.10. The molecule has 1 aromatic carbocycles. The second kappa shape index (κ2) is 5.75. The third-order valence-corrected chi connectivity index (χ3v) is 2.70. The van der Waals surface area contributed by atoms with E-state index in [0.29, 0.717) is 13.1 Å². The summed E-state index contributed by atoms with van der Waals surface area (Å²) in [5, 5.41) is -0.404. The van der Waals surface area contributed by atoms with E-state index in [1.54, 1.807) is 4.90 Å². The van der Waals surface area contributed by atoms with E-state index in [4.69, 9.17) is 11.6 Å². The van der Waals surface area contributed by atoms with Gasteiger partial charge in [0.2, 0.25) is 0 Å². The van der Waals surface area contributed by atoms with E-state index in [9.17, 15) is 4.79 Å². The molecule has 0 atom stereocenters. The highest BCUT2D eigenvalue weighted by molar-refractivity contribution is 6.62. The van der Waals surface area contributed by atoms with Gasteiger partial charge in [0.1, 0.15) is 0 Å². The zero-order valence-corrected chi connectivity index (χ0v) is 10.7. The average Bonchev–Trinajstić information content (AvgIpc) is 2.26. The monoisotopic (exact) mass is 240 g/mol. The predicted octanol–water partition coefficient (Wildman–Crippen LogP) is 2.93. The molecule has 16 heavy (non-hydrogen) atoms. The maximum atomic E-state index is 11.0. The van der Waals surface area contributed by atoms with Crippen molar-refractivity contribution in [2.75, 3.05) is 25.5 Å². The molecule has 1 rings (SSSR count). The van der Waals surface area contributed by atoms with E-state index in [1.165, 1.54) is 0 Å². The van der Waals surface area contributed by atoms with Gasteiger partial charge in [0, 0.05) is 32.9 Å². The minimum Gasteiger partial charge on any atom is -0.378 e. The van der Waals surface area contributed by atoms with Gasteiger partial charge in [-0.2, -0.15) is 0 Å². The molecule has 88 valence electrons. The van der Waals surface area contributed by atoms with Gasteiger partial charge in [-0.05, 0) is 36.2 Å². The second-order valence-electron chi connectivity index (χ2n) is 3.83. The van der Waals surface area contributed by atoms with Gasteiger partial charge in [-0.15, -0.1) is 0 Å². The van der Waals surface area contributed by atoms with Gasteiger partial charge in [-0.3, -0.25) is 4.79 Å². The van der Waals surface area contributed by atoms with Crippen molar-refractivity contribution in [3.05, 3.63) is 29.8 Å². The number of benzene rings is 1. The summed E-state index contributed by atoms with van der Waals surface area (Å²) in [6, 6.07) is 8.08. The Morgan fingerprint density at radius 3 is 2.19 bits per heavy atom. The normalized spacial score (nSPS) is 10.0. The van der Waals surface area contributed by atoms with E-state index >= 15 is 0 Å². The number of hydrogen-bond acceptors (Lipinski definition) is 2. The molecule has 0 radical (unpaired) electrons. The SMILES string of the molecule is CCN(Cc1ccc(N(C)C)cc1)C(=O)Cl. The number of nitrogens with zero attached hydrogens (tertiary/aromatic N) is 2. The molecule has 0 fully saturated rings. The first-order valence-corrected chi connectivity index (χ1v) is 5.63. The zero-order valence-electron chi connectivity index (χ0n) is 9.90. The van der Waals surface area contributed by atoms with Gasteiger partial charge in [-0.25, -0.2) is 0 Å². The van der Waals surface area contributed by atoms with Gasteiger partial charge >= 0.3 is 5.37 Å². The first kappa shape index (κ1) is 12.8. The molecule has 0 spiro atoms. The fraction of sp³-hybridized carbons (Fsp3) is 0.417. The van der Waals surface area contributed by atoms with Gasteiger partial charge in [-0.1, -0.05) is 12.1 Å². The van der Waals surface area contributed by atoms with Crippen molar-refractivity contribution in [2.45, 2.75) is 13.5 Å². The Kier molecular flexibility index (Phi) is 4.62. The van der Waals surface area contributed by atoms with Crippen LogP contribution in [0.15, 0.2) is 24.3 Å². The van der Waals surface area contributed by atoms with E-state index in [-0.39, 0.29) is 0 Å².